The molecule has 1 aromatic carbocycles. The fourth-order valence-electron chi connectivity index (χ4n) is 3.29. The summed E-state index contributed by atoms with van der Waals surface area (Å²) in [5.41, 5.74) is 2.14. The zero-order valence-corrected chi connectivity index (χ0v) is 13.0. The molecular formula is C16H22ClN3. The van der Waals surface area contributed by atoms with E-state index < -0.39 is 0 Å². The number of imidazole rings is 1. The summed E-state index contributed by atoms with van der Waals surface area (Å²) >= 11 is 6.41. The number of para-hydroxylation sites is 1. The molecule has 2 heterocycles. The van der Waals surface area contributed by atoms with Crippen molar-refractivity contribution in [3.05, 3.63) is 29.0 Å². The Kier molecular flexibility index (Phi) is 3.99. The van der Waals surface area contributed by atoms with Gasteiger partial charge in [-0.25, -0.2) is 4.98 Å². The fraction of sp³-hybridized carbons (Fsp3) is 0.562. The van der Waals surface area contributed by atoms with Gasteiger partial charge in [0.15, 0.2) is 0 Å². The molecule has 3 rings (SSSR count). The first-order valence-electron chi connectivity index (χ1n) is 7.58. The Balaban J connectivity index is 2.09. The quantitative estimate of drug-likeness (QED) is 0.928. The van der Waals surface area contributed by atoms with Crippen molar-refractivity contribution in [3.63, 3.8) is 0 Å². The molecule has 1 N–H and O–H groups in total. The fourth-order valence-corrected chi connectivity index (χ4v) is 3.56. The molecule has 0 radical (unpaired) electrons. The average molecular weight is 292 g/mol. The maximum atomic E-state index is 6.41. The molecule has 2 aromatic rings. The number of hydrogen-bond acceptors (Lipinski definition) is 2. The van der Waals surface area contributed by atoms with Crippen LogP contribution in [0.2, 0.25) is 5.02 Å². The maximum absolute atomic E-state index is 6.41. The van der Waals surface area contributed by atoms with Crippen molar-refractivity contribution in [2.45, 2.75) is 51.6 Å². The third-order valence-electron chi connectivity index (χ3n) is 4.18. The Morgan fingerprint density at radius 1 is 1.45 bits per heavy atom. The van der Waals surface area contributed by atoms with E-state index in [9.17, 15) is 0 Å². The highest BCUT2D eigenvalue weighted by Crippen LogP contribution is 2.32. The summed E-state index contributed by atoms with van der Waals surface area (Å²) in [6, 6.07) is 6.59. The summed E-state index contributed by atoms with van der Waals surface area (Å²) in [6.45, 7) is 6.53. The number of benzene rings is 1. The second kappa shape index (κ2) is 5.74. The average Bonchev–Trinajstić information content (AvgIpc) is 2.80. The molecule has 20 heavy (non-hydrogen) atoms. The maximum Gasteiger partial charge on any atom is 0.113 e. The normalized spacial score (nSPS) is 23.4. The smallest absolute Gasteiger partial charge is 0.113 e. The molecule has 0 amide bonds. The van der Waals surface area contributed by atoms with Crippen LogP contribution in [0.1, 0.15) is 44.9 Å². The highest BCUT2D eigenvalue weighted by molar-refractivity contribution is 6.35. The van der Waals surface area contributed by atoms with Crippen molar-refractivity contribution in [2.24, 2.45) is 0 Å². The van der Waals surface area contributed by atoms with Crippen molar-refractivity contribution >= 4 is 22.6 Å². The van der Waals surface area contributed by atoms with Crippen molar-refractivity contribution in [3.8, 4) is 0 Å². The number of piperidine rings is 1. The molecule has 108 valence electrons. The summed E-state index contributed by atoms with van der Waals surface area (Å²) in [4.78, 5) is 4.90. The first kappa shape index (κ1) is 13.9. The summed E-state index contributed by atoms with van der Waals surface area (Å²) in [5, 5.41) is 4.33. The van der Waals surface area contributed by atoms with E-state index in [1.54, 1.807) is 0 Å². The lowest BCUT2D eigenvalue weighted by atomic mass is 9.92. The van der Waals surface area contributed by atoms with Crippen molar-refractivity contribution < 1.29 is 0 Å². The van der Waals surface area contributed by atoms with E-state index in [-0.39, 0.29) is 0 Å². The minimum absolute atomic E-state index is 0.543. The van der Waals surface area contributed by atoms with Gasteiger partial charge in [0, 0.05) is 18.5 Å². The molecule has 1 fully saturated rings. The summed E-state index contributed by atoms with van der Waals surface area (Å²) in [6.07, 6.45) is 3.42. The van der Waals surface area contributed by atoms with Crippen molar-refractivity contribution in [1.29, 1.82) is 0 Å². The SMILES string of the molecule is CCCn1c(C2CCNC(C)C2)nc2cccc(Cl)c21. The van der Waals surface area contributed by atoms with Crippen LogP contribution in [0.4, 0.5) is 0 Å². The van der Waals surface area contributed by atoms with Gasteiger partial charge in [0.2, 0.25) is 0 Å². The first-order chi connectivity index (χ1) is 9.70. The summed E-state index contributed by atoms with van der Waals surface area (Å²) < 4.78 is 2.35. The lowest BCUT2D eigenvalue weighted by Crippen LogP contribution is -2.35. The minimum atomic E-state index is 0.543. The number of nitrogens with one attached hydrogen (secondary N) is 1. The van der Waals surface area contributed by atoms with Crippen LogP contribution in [-0.2, 0) is 6.54 Å². The third-order valence-corrected chi connectivity index (χ3v) is 4.49. The molecule has 0 saturated carbocycles. The molecule has 0 bridgehead atoms. The molecule has 0 spiro atoms. The summed E-state index contributed by atoms with van der Waals surface area (Å²) in [7, 11) is 0. The molecular weight excluding hydrogens is 270 g/mol. The van der Waals surface area contributed by atoms with Gasteiger partial charge in [-0.3, -0.25) is 0 Å². The molecule has 2 atom stereocenters. The standard InChI is InChI=1S/C16H22ClN3/c1-3-9-20-15-13(17)5-4-6-14(15)19-16(20)12-7-8-18-11(2)10-12/h4-6,11-12,18H,3,7-10H2,1-2H3. The van der Waals surface area contributed by atoms with E-state index in [0.717, 1.165) is 48.4 Å². The van der Waals surface area contributed by atoms with Crippen LogP contribution in [0.25, 0.3) is 11.0 Å². The van der Waals surface area contributed by atoms with E-state index in [0.29, 0.717) is 12.0 Å². The predicted molar refractivity (Wildman–Crippen MR) is 84.5 cm³/mol. The Morgan fingerprint density at radius 2 is 2.30 bits per heavy atom. The van der Waals surface area contributed by atoms with E-state index >= 15 is 0 Å². The zero-order chi connectivity index (χ0) is 14.1. The van der Waals surface area contributed by atoms with Crippen molar-refractivity contribution in [1.82, 2.24) is 14.9 Å². The van der Waals surface area contributed by atoms with Crippen LogP contribution >= 0.6 is 11.6 Å². The first-order valence-corrected chi connectivity index (χ1v) is 7.96. The van der Waals surface area contributed by atoms with Gasteiger partial charge >= 0.3 is 0 Å². The van der Waals surface area contributed by atoms with Gasteiger partial charge in [0.05, 0.1) is 16.1 Å². The van der Waals surface area contributed by atoms with Crippen LogP contribution in [0.5, 0.6) is 0 Å². The molecule has 1 saturated heterocycles. The monoisotopic (exact) mass is 291 g/mol. The topological polar surface area (TPSA) is 29.9 Å². The van der Waals surface area contributed by atoms with Gasteiger partial charge < -0.3 is 9.88 Å². The highest BCUT2D eigenvalue weighted by atomic mass is 35.5. The van der Waals surface area contributed by atoms with Crippen LogP contribution in [0.3, 0.4) is 0 Å². The van der Waals surface area contributed by atoms with Crippen LogP contribution in [0, 0.1) is 0 Å². The number of halogens is 1. The van der Waals surface area contributed by atoms with E-state index in [1.165, 1.54) is 5.82 Å². The molecule has 4 heteroatoms. The number of nitrogens with zero attached hydrogens (tertiary/aromatic N) is 2. The Hall–Kier alpha value is -1.06. The van der Waals surface area contributed by atoms with Gasteiger partial charge in [-0.05, 0) is 44.9 Å². The van der Waals surface area contributed by atoms with E-state index in [4.69, 9.17) is 16.6 Å². The molecule has 1 aromatic heterocycles. The van der Waals surface area contributed by atoms with Crippen LogP contribution < -0.4 is 5.32 Å². The van der Waals surface area contributed by atoms with E-state index in [2.05, 4.69) is 29.8 Å². The van der Waals surface area contributed by atoms with Gasteiger partial charge in [-0.2, -0.15) is 0 Å². The van der Waals surface area contributed by atoms with Gasteiger partial charge in [-0.1, -0.05) is 24.6 Å². The second-order valence-corrected chi connectivity index (χ2v) is 6.21. The molecule has 3 nitrogen and oxygen atoms in total. The lowest BCUT2D eigenvalue weighted by molar-refractivity contribution is 0.364. The zero-order valence-electron chi connectivity index (χ0n) is 12.2. The van der Waals surface area contributed by atoms with Gasteiger partial charge in [-0.15, -0.1) is 0 Å². The predicted octanol–water partition coefficient (Wildman–Crippen LogP) is 3.96. The molecule has 1 aliphatic heterocycles. The number of hydrogen-bond donors (Lipinski definition) is 1. The molecule has 1 aliphatic rings. The Morgan fingerprint density at radius 3 is 3.05 bits per heavy atom. The van der Waals surface area contributed by atoms with Crippen molar-refractivity contribution in [2.75, 3.05) is 6.54 Å². The van der Waals surface area contributed by atoms with Crippen LogP contribution in [0.15, 0.2) is 18.2 Å². The third kappa shape index (κ3) is 2.45. The summed E-state index contributed by atoms with van der Waals surface area (Å²) in [5.74, 6) is 1.77. The van der Waals surface area contributed by atoms with Crippen LogP contribution in [-0.4, -0.2) is 22.1 Å². The molecule has 2 unspecified atom stereocenters. The number of fused-ring (bicyclic) bond motifs is 1. The van der Waals surface area contributed by atoms with E-state index in [1.807, 2.05) is 12.1 Å². The number of aryl methyl sites for hydroxylation is 1. The highest BCUT2D eigenvalue weighted by Gasteiger charge is 2.25. The molecule has 0 aliphatic carbocycles. The van der Waals surface area contributed by atoms with Gasteiger partial charge in [0.1, 0.15) is 5.82 Å². The largest absolute Gasteiger partial charge is 0.327 e. The minimum Gasteiger partial charge on any atom is -0.327 e. The Bertz CT molecular complexity index is 605. The number of rotatable bonds is 3. The lowest BCUT2D eigenvalue weighted by Gasteiger charge is -2.28. The second-order valence-electron chi connectivity index (χ2n) is 5.81. The van der Waals surface area contributed by atoms with Gasteiger partial charge in [0.25, 0.3) is 0 Å². The number of aromatic nitrogens is 2. The Labute approximate surface area is 125 Å².